The first-order valence-corrected chi connectivity index (χ1v) is 5.12. The molecule has 0 aliphatic carbocycles. The molecule has 1 aliphatic rings. The molecule has 0 unspecified atom stereocenters. The molecule has 0 atom stereocenters. The van der Waals surface area contributed by atoms with Crippen molar-refractivity contribution in [3.63, 3.8) is 0 Å². The van der Waals surface area contributed by atoms with Crippen molar-refractivity contribution >= 4 is 5.71 Å². The predicted molar refractivity (Wildman–Crippen MR) is 62.6 cm³/mol. The highest BCUT2D eigenvalue weighted by Crippen LogP contribution is 2.10. The number of nitrogens with two attached hydrogens (primary N) is 1. The minimum Gasteiger partial charge on any atom is -0.378 e. The second-order valence-electron chi connectivity index (χ2n) is 3.44. The van der Waals surface area contributed by atoms with Gasteiger partial charge in [-0.05, 0) is 26.0 Å². The van der Waals surface area contributed by atoms with Gasteiger partial charge in [-0.3, -0.25) is 4.99 Å². The molecule has 1 heterocycles. The van der Waals surface area contributed by atoms with Gasteiger partial charge >= 0.3 is 0 Å². The first kappa shape index (κ1) is 11.9. The van der Waals surface area contributed by atoms with Gasteiger partial charge in [0.05, 0.1) is 12.3 Å². The Bertz CT molecular complexity index is 282. The summed E-state index contributed by atoms with van der Waals surface area (Å²) in [5.74, 6) is 0. The number of hydrogen-bond donors (Lipinski definition) is 1. The van der Waals surface area contributed by atoms with Crippen LogP contribution >= 0.6 is 0 Å². The van der Waals surface area contributed by atoms with Gasteiger partial charge in [0, 0.05) is 19.0 Å². The van der Waals surface area contributed by atoms with Crippen LogP contribution in [0.25, 0.3) is 0 Å². The van der Waals surface area contributed by atoms with E-state index in [-0.39, 0.29) is 0 Å². The summed E-state index contributed by atoms with van der Waals surface area (Å²) in [5, 5.41) is 0. The van der Waals surface area contributed by atoms with Crippen molar-refractivity contribution in [3.8, 4) is 0 Å². The molecule has 0 fully saturated rings. The van der Waals surface area contributed by atoms with Gasteiger partial charge in [-0.2, -0.15) is 0 Å². The van der Waals surface area contributed by atoms with E-state index in [0.717, 1.165) is 12.1 Å². The molecule has 4 nitrogen and oxygen atoms in total. The fourth-order valence-electron chi connectivity index (χ4n) is 1.35. The van der Waals surface area contributed by atoms with E-state index < -0.39 is 0 Å². The van der Waals surface area contributed by atoms with E-state index in [4.69, 9.17) is 10.5 Å². The van der Waals surface area contributed by atoms with Crippen LogP contribution in [0.5, 0.6) is 0 Å². The van der Waals surface area contributed by atoms with Crippen molar-refractivity contribution in [2.24, 2.45) is 10.7 Å². The minimum absolute atomic E-state index is 0.581. The van der Waals surface area contributed by atoms with Crippen LogP contribution in [0.15, 0.2) is 29.0 Å². The van der Waals surface area contributed by atoms with Crippen molar-refractivity contribution in [2.45, 2.75) is 13.3 Å². The average molecular weight is 209 g/mol. The van der Waals surface area contributed by atoms with E-state index in [9.17, 15) is 0 Å². The molecule has 2 N–H and O–H groups in total. The molecule has 0 radical (unpaired) electrons. The number of allylic oxidation sites excluding steroid dienone is 1. The van der Waals surface area contributed by atoms with Crippen LogP contribution in [0.3, 0.4) is 0 Å². The van der Waals surface area contributed by atoms with Gasteiger partial charge in [0.15, 0.2) is 0 Å². The molecule has 0 spiro atoms. The predicted octanol–water partition coefficient (Wildman–Crippen LogP) is 1.11. The lowest BCUT2D eigenvalue weighted by Gasteiger charge is -2.23. The van der Waals surface area contributed by atoms with Crippen molar-refractivity contribution < 1.29 is 4.74 Å². The molecular weight excluding hydrogens is 190 g/mol. The maximum atomic E-state index is 5.41. The Labute approximate surface area is 91.1 Å². The van der Waals surface area contributed by atoms with E-state index in [0.29, 0.717) is 19.8 Å². The highest BCUT2D eigenvalue weighted by molar-refractivity contribution is 5.97. The molecule has 84 valence electrons. The van der Waals surface area contributed by atoms with E-state index in [1.54, 1.807) is 7.11 Å². The van der Waals surface area contributed by atoms with Crippen molar-refractivity contribution in [1.29, 1.82) is 0 Å². The third-order valence-electron chi connectivity index (χ3n) is 2.17. The Morgan fingerprint density at radius 2 is 2.47 bits per heavy atom. The summed E-state index contributed by atoms with van der Waals surface area (Å²) >= 11 is 0. The molecule has 15 heavy (non-hydrogen) atoms. The van der Waals surface area contributed by atoms with Crippen molar-refractivity contribution in [1.82, 2.24) is 4.90 Å². The summed E-state index contributed by atoms with van der Waals surface area (Å²) in [6.07, 6.45) is 7.04. The molecule has 0 aromatic heterocycles. The molecule has 1 aliphatic heterocycles. The highest BCUT2D eigenvalue weighted by atomic mass is 16.5. The van der Waals surface area contributed by atoms with Crippen LogP contribution in [-0.2, 0) is 4.74 Å². The van der Waals surface area contributed by atoms with Gasteiger partial charge in [0.25, 0.3) is 0 Å². The molecule has 0 bridgehead atoms. The summed E-state index contributed by atoms with van der Waals surface area (Å²) in [6.45, 7) is 4.00. The normalized spacial score (nSPS) is 16.9. The lowest BCUT2D eigenvalue weighted by molar-refractivity contribution is 0.244. The quantitative estimate of drug-likeness (QED) is 0.738. The van der Waals surface area contributed by atoms with E-state index in [2.05, 4.69) is 22.9 Å². The molecule has 0 aromatic carbocycles. The van der Waals surface area contributed by atoms with E-state index in [1.807, 2.05) is 12.3 Å². The lowest BCUT2D eigenvalue weighted by Crippen LogP contribution is -2.23. The smallest absolute Gasteiger partial charge is 0.114 e. The fraction of sp³-hybridized carbons (Fsp3) is 0.545. The number of methoxy groups -OCH3 is 1. The van der Waals surface area contributed by atoms with Crippen LogP contribution < -0.4 is 5.73 Å². The monoisotopic (exact) mass is 209 g/mol. The van der Waals surface area contributed by atoms with Crippen molar-refractivity contribution in [3.05, 3.63) is 24.0 Å². The van der Waals surface area contributed by atoms with Gasteiger partial charge in [-0.25, -0.2) is 0 Å². The summed E-state index contributed by atoms with van der Waals surface area (Å²) in [6, 6.07) is 0. The Morgan fingerprint density at radius 1 is 1.67 bits per heavy atom. The molecule has 1 rings (SSSR count). The number of ether oxygens (including phenoxy) is 1. The summed E-state index contributed by atoms with van der Waals surface area (Å²) < 4.78 is 5.03. The fourth-order valence-corrected chi connectivity index (χ4v) is 1.35. The molecule has 4 heteroatoms. The first-order valence-electron chi connectivity index (χ1n) is 5.12. The third-order valence-corrected chi connectivity index (χ3v) is 2.17. The zero-order chi connectivity index (χ0) is 11.1. The minimum atomic E-state index is 0.581. The largest absolute Gasteiger partial charge is 0.378 e. The first-order chi connectivity index (χ1) is 7.27. The lowest BCUT2D eigenvalue weighted by atomic mass is 10.2. The maximum absolute atomic E-state index is 5.41. The average Bonchev–Trinajstić information content (AvgIpc) is 2.22. The maximum Gasteiger partial charge on any atom is 0.114 e. The van der Waals surface area contributed by atoms with E-state index in [1.165, 1.54) is 5.70 Å². The molecular formula is C11H19N3O. The Kier molecular flexibility index (Phi) is 5.07. The SMILES string of the molecule is COCC1=NCN(/C=C\CCN)C(C)=C1. The van der Waals surface area contributed by atoms with Crippen LogP contribution in [-0.4, -0.2) is 37.5 Å². The standard InChI is InChI=1S/C11H19N3O/c1-10-7-11(8-15-2)13-9-14(10)6-4-3-5-12/h4,6-7H,3,5,8-9,12H2,1-2H3/b6-4-. The van der Waals surface area contributed by atoms with Gasteiger partial charge in [0.1, 0.15) is 6.67 Å². The molecule has 0 saturated heterocycles. The second-order valence-corrected chi connectivity index (χ2v) is 3.44. The zero-order valence-corrected chi connectivity index (χ0v) is 9.44. The van der Waals surface area contributed by atoms with Gasteiger partial charge in [-0.15, -0.1) is 0 Å². The molecule has 0 saturated carbocycles. The number of nitrogens with zero attached hydrogens (tertiary/aromatic N) is 2. The molecule has 0 amide bonds. The number of rotatable bonds is 5. The van der Waals surface area contributed by atoms with Crippen LogP contribution in [0.2, 0.25) is 0 Å². The molecule has 0 aromatic rings. The highest BCUT2D eigenvalue weighted by Gasteiger charge is 2.08. The van der Waals surface area contributed by atoms with Gasteiger partial charge in [0.2, 0.25) is 0 Å². The van der Waals surface area contributed by atoms with Crippen molar-refractivity contribution in [2.75, 3.05) is 26.9 Å². The third kappa shape index (κ3) is 3.85. The number of hydrogen-bond acceptors (Lipinski definition) is 4. The second kappa shape index (κ2) is 6.37. The van der Waals surface area contributed by atoms with Gasteiger partial charge < -0.3 is 15.4 Å². The van der Waals surface area contributed by atoms with Crippen LogP contribution in [0, 0.1) is 0 Å². The summed E-state index contributed by atoms with van der Waals surface area (Å²) in [7, 11) is 1.68. The van der Waals surface area contributed by atoms with Crippen LogP contribution in [0.1, 0.15) is 13.3 Å². The Hall–Kier alpha value is -1.13. The summed E-state index contributed by atoms with van der Waals surface area (Å²) in [5.41, 5.74) is 7.60. The van der Waals surface area contributed by atoms with Gasteiger partial charge in [-0.1, -0.05) is 6.08 Å². The number of aliphatic imine (C=N–C) groups is 1. The summed E-state index contributed by atoms with van der Waals surface area (Å²) in [4.78, 5) is 6.48. The van der Waals surface area contributed by atoms with Crippen LogP contribution in [0.4, 0.5) is 0 Å². The Balaban J connectivity index is 2.51. The Morgan fingerprint density at radius 3 is 3.07 bits per heavy atom. The van der Waals surface area contributed by atoms with E-state index >= 15 is 0 Å². The zero-order valence-electron chi connectivity index (χ0n) is 9.44. The topological polar surface area (TPSA) is 50.8 Å².